The van der Waals surface area contributed by atoms with Gasteiger partial charge in [0.1, 0.15) is 12.1 Å². The Morgan fingerprint density at radius 2 is 1.83 bits per heavy atom. The van der Waals surface area contributed by atoms with Gasteiger partial charge in [-0.1, -0.05) is 29.8 Å². The molecule has 0 saturated carbocycles. The zero-order valence-corrected chi connectivity index (χ0v) is 10.9. The minimum atomic E-state index is 0.608. The van der Waals surface area contributed by atoms with Crippen molar-refractivity contribution in [1.82, 2.24) is 9.97 Å². The van der Waals surface area contributed by atoms with Crippen LogP contribution in [0.2, 0.25) is 0 Å². The minimum Gasteiger partial charge on any atom is -0.481 e. The first kappa shape index (κ1) is 12.4. The standard InChI is InChI=1S/C14H17N3O/c1-10-4-6-12(7-5-10)8-15-13-11(2)14(18-3)17-9-16-13/h4-7,9H,8H2,1-3H3,(H,15,16,17). The van der Waals surface area contributed by atoms with E-state index in [1.165, 1.54) is 17.5 Å². The molecular formula is C14H17N3O. The van der Waals surface area contributed by atoms with E-state index in [9.17, 15) is 0 Å². The topological polar surface area (TPSA) is 47.0 Å². The van der Waals surface area contributed by atoms with Crippen LogP contribution < -0.4 is 10.1 Å². The van der Waals surface area contributed by atoms with Crippen molar-refractivity contribution in [2.45, 2.75) is 20.4 Å². The molecular weight excluding hydrogens is 226 g/mol. The van der Waals surface area contributed by atoms with Crippen molar-refractivity contribution in [2.24, 2.45) is 0 Å². The summed E-state index contributed by atoms with van der Waals surface area (Å²) in [6.07, 6.45) is 1.50. The summed E-state index contributed by atoms with van der Waals surface area (Å²) in [4.78, 5) is 8.27. The second-order valence-corrected chi connectivity index (χ2v) is 4.20. The molecule has 1 aromatic carbocycles. The molecule has 0 atom stereocenters. The first-order chi connectivity index (χ1) is 8.70. The van der Waals surface area contributed by atoms with Gasteiger partial charge in [0.25, 0.3) is 0 Å². The Bertz CT molecular complexity index is 523. The van der Waals surface area contributed by atoms with Crippen LogP contribution in [0.1, 0.15) is 16.7 Å². The molecule has 0 saturated heterocycles. The van der Waals surface area contributed by atoms with Gasteiger partial charge in [0, 0.05) is 6.54 Å². The van der Waals surface area contributed by atoms with Crippen molar-refractivity contribution in [1.29, 1.82) is 0 Å². The third-order valence-electron chi connectivity index (χ3n) is 2.81. The molecule has 18 heavy (non-hydrogen) atoms. The van der Waals surface area contributed by atoms with Crippen LogP contribution in [0.15, 0.2) is 30.6 Å². The number of benzene rings is 1. The zero-order chi connectivity index (χ0) is 13.0. The van der Waals surface area contributed by atoms with Crippen LogP contribution in [0, 0.1) is 13.8 Å². The van der Waals surface area contributed by atoms with E-state index in [2.05, 4.69) is 46.5 Å². The average molecular weight is 243 g/mol. The highest BCUT2D eigenvalue weighted by molar-refractivity contribution is 5.47. The molecule has 0 unspecified atom stereocenters. The van der Waals surface area contributed by atoms with Gasteiger partial charge in [0.2, 0.25) is 5.88 Å². The van der Waals surface area contributed by atoms with Crippen molar-refractivity contribution in [3.05, 3.63) is 47.3 Å². The van der Waals surface area contributed by atoms with Gasteiger partial charge in [-0.25, -0.2) is 9.97 Å². The van der Waals surface area contributed by atoms with Crippen LogP contribution >= 0.6 is 0 Å². The van der Waals surface area contributed by atoms with Crippen LogP contribution in [-0.2, 0) is 6.54 Å². The zero-order valence-electron chi connectivity index (χ0n) is 10.9. The van der Waals surface area contributed by atoms with E-state index in [-0.39, 0.29) is 0 Å². The van der Waals surface area contributed by atoms with Gasteiger partial charge in [0.15, 0.2) is 0 Å². The second kappa shape index (κ2) is 5.49. The predicted molar refractivity (Wildman–Crippen MR) is 71.8 cm³/mol. The van der Waals surface area contributed by atoms with Gasteiger partial charge in [-0.2, -0.15) is 0 Å². The summed E-state index contributed by atoms with van der Waals surface area (Å²) in [5.74, 6) is 1.42. The van der Waals surface area contributed by atoms with Gasteiger partial charge in [-0.3, -0.25) is 0 Å². The summed E-state index contributed by atoms with van der Waals surface area (Å²) < 4.78 is 5.16. The van der Waals surface area contributed by atoms with E-state index in [1.807, 2.05) is 6.92 Å². The molecule has 0 aliphatic rings. The molecule has 1 aromatic heterocycles. The minimum absolute atomic E-state index is 0.608. The first-order valence-electron chi connectivity index (χ1n) is 5.85. The van der Waals surface area contributed by atoms with Gasteiger partial charge in [-0.05, 0) is 19.4 Å². The number of ether oxygens (including phenoxy) is 1. The number of methoxy groups -OCH3 is 1. The van der Waals surface area contributed by atoms with Crippen LogP contribution in [0.3, 0.4) is 0 Å². The molecule has 0 spiro atoms. The summed E-state index contributed by atoms with van der Waals surface area (Å²) in [5, 5.41) is 3.29. The average Bonchev–Trinajstić information content (AvgIpc) is 2.39. The van der Waals surface area contributed by atoms with Crippen molar-refractivity contribution in [3.63, 3.8) is 0 Å². The molecule has 0 bridgehead atoms. The predicted octanol–water partition coefficient (Wildman–Crippen LogP) is 2.71. The fourth-order valence-electron chi connectivity index (χ4n) is 1.71. The summed E-state index contributed by atoms with van der Waals surface area (Å²) >= 11 is 0. The largest absolute Gasteiger partial charge is 0.481 e. The molecule has 0 amide bonds. The lowest BCUT2D eigenvalue weighted by atomic mass is 10.1. The highest BCUT2D eigenvalue weighted by atomic mass is 16.5. The number of aryl methyl sites for hydroxylation is 1. The fraction of sp³-hybridized carbons (Fsp3) is 0.286. The van der Waals surface area contributed by atoms with Crippen molar-refractivity contribution >= 4 is 5.82 Å². The van der Waals surface area contributed by atoms with E-state index in [0.717, 1.165) is 17.9 Å². The molecule has 2 aromatic rings. The Labute approximate surface area is 107 Å². The maximum absolute atomic E-state index is 5.16. The molecule has 4 nitrogen and oxygen atoms in total. The third kappa shape index (κ3) is 2.77. The lowest BCUT2D eigenvalue weighted by molar-refractivity contribution is 0.393. The fourth-order valence-corrected chi connectivity index (χ4v) is 1.71. The molecule has 2 rings (SSSR count). The SMILES string of the molecule is COc1ncnc(NCc2ccc(C)cc2)c1C. The van der Waals surface area contributed by atoms with Gasteiger partial charge in [0.05, 0.1) is 12.7 Å². The van der Waals surface area contributed by atoms with Crippen LogP contribution in [0.5, 0.6) is 5.88 Å². The lowest BCUT2D eigenvalue weighted by Crippen LogP contribution is -2.05. The van der Waals surface area contributed by atoms with Crippen molar-refractivity contribution < 1.29 is 4.74 Å². The van der Waals surface area contributed by atoms with Gasteiger partial charge >= 0.3 is 0 Å². The Morgan fingerprint density at radius 3 is 2.50 bits per heavy atom. The number of anilines is 1. The van der Waals surface area contributed by atoms with Gasteiger partial charge in [-0.15, -0.1) is 0 Å². The Hall–Kier alpha value is -2.10. The van der Waals surface area contributed by atoms with Crippen LogP contribution in [-0.4, -0.2) is 17.1 Å². The first-order valence-corrected chi connectivity index (χ1v) is 5.85. The number of rotatable bonds is 4. The summed E-state index contributed by atoms with van der Waals surface area (Å²) in [6, 6.07) is 8.42. The Balaban J connectivity index is 2.08. The van der Waals surface area contributed by atoms with E-state index in [0.29, 0.717) is 5.88 Å². The maximum atomic E-state index is 5.16. The van der Waals surface area contributed by atoms with Gasteiger partial charge < -0.3 is 10.1 Å². The highest BCUT2D eigenvalue weighted by Gasteiger charge is 2.06. The monoisotopic (exact) mass is 243 g/mol. The quantitative estimate of drug-likeness (QED) is 0.897. The molecule has 0 aliphatic carbocycles. The Kier molecular flexibility index (Phi) is 3.77. The molecule has 0 aliphatic heterocycles. The van der Waals surface area contributed by atoms with Crippen molar-refractivity contribution in [2.75, 3.05) is 12.4 Å². The molecule has 94 valence electrons. The normalized spacial score (nSPS) is 10.2. The van der Waals surface area contributed by atoms with E-state index < -0.39 is 0 Å². The molecule has 1 N–H and O–H groups in total. The third-order valence-corrected chi connectivity index (χ3v) is 2.81. The van der Waals surface area contributed by atoms with E-state index >= 15 is 0 Å². The summed E-state index contributed by atoms with van der Waals surface area (Å²) in [6.45, 7) is 4.76. The van der Waals surface area contributed by atoms with Crippen molar-refractivity contribution in [3.8, 4) is 5.88 Å². The summed E-state index contributed by atoms with van der Waals surface area (Å²) in [5.41, 5.74) is 3.41. The number of hydrogen-bond donors (Lipinski definition) is 1. The molecule has 0 radical (unpaired) electrons. The highest BCUT2D eigenvalue weighted by Crippen LogP contribution is 2.20. The van der Waals surface area contributed by atoms with Crippen LogP contribution in [0.4, 0.5) is 5.82 Å². The molecule has 1 heterocycles. The summed E-state index contributed by atoms with van der Waals surface area (Å²) in [7, 11) is 1.61. The number of nitrogens with one attached hydrogen (secondary N) is 1. The maximum Gasteiger partial charge on any atom is 0.221 e. The van der Waals surface area contributed by atoms with E-state index in [4.69, 9.17) is 4.74 Å². The number of nitrogens with zero attached hydrogens (tertiary/aromatic N) is 2. The molecule has 0 fully saturated rings. The number of hydrogen-bond acceptors (Lipinski definition) is 4. The smallest absolute Gasteiger partial charge is 0.221 e. The molecule has 4 heteroatoms. The second-order valence-electron chi connectivity index (χ2n) is 4.20. The van der Waals surface area contributed by atoms with E-state index in [1.54, 1.807) is 7.11 Å². The number of aromatic nitrogens is 2. The lowest BCUT2D eigenvalue weighted by Gasteiger charge is -2.10. The van der Waals surface area contributed by atoms with Crippen LogP contribution in [0.25, 0.3) is 0 Å². The Morgan fingerprint density at radius 1 is 1.11 bits per heavy atom.